The normalized spacial score (nSPS) is 24.2. The SMILES string of the molecule is CCNC(CCN(C)C)C1CC1c1ccccc1. The van der Waals surface area contributed by atoms with Crippen LogP contribution in [0.15, 0.2) is 30.3 Å². The molecule has 2 nitrogen and oxygen atoms in total. The molecule has 0 bridgehead atoms. The van der Waals surface area contributed by atoms with Crippen LogP contribution in [-0.2, 0) is 0 Å². The molecule has 1 aliphatic carbocycles. The first-order valence-corrected chi connectivity index (χ1v) is 7.15. The third-order valence-corrected chi connectivity index (χ3v) is 3.94. The number of nitrogens with zero attached hydrogens (tertiary/aromatic N) is 1. The molecular formula is C16H26N2. The molecule has 18 heavy (non-hydrogen) atoms. The molecule has 0 aliphatic heterocycles. The quantitative estimate of drug-likeness (QED) is 0.796. The van der Waals surface area contributed by atoms with Crippen molar-refractivity contribution in [3.8, 4) is 0 Å². The minimum absolute atomic E-state index is 0.683. The first-order valence-electron chi connectivity index (χ1n) is 7.15. The highest BCUT2D eigenvalue weighted by Crippen LogP contribution is 2.50. The van der Waals surface area contributed by atoms with E-state index in [1.807, 2.05) is 0 Å². The Morgan fingerprint density at radius 2 is 2.00 bits per heavy atom. The Hall–Kier alpha value is -0.860. The zero-order valence-electron chi connectivity index (χ0n) is 11.9. The fourth-order valence-electron chi connectivity index (χ4n) is 2.87. The van der Waals surface area contributed by atoms with E-state index in [2.05, 4.69) is 61.6 Å². The highest BCUT2D eigenvalue weighted by Gasteiger charge is 2.42. The van der Waals surface area contributed by atoms with Crippen LogP contribution in [0.4, 0.5) is 0 Å². The summed E-state index contributed by atoms with van der Waals surface area (Å²) >= 11 is 0. The van der Waals surface area contributed by atoms with Crippen molar-refractivity contribution in [2.45, 2.75) is 31.7 Å². The van der Waals surface area contributed by atoms with Gasteiger partial charge in [-0.25, -0.2) is 0 Å². The molecule has 0 spiro atoms. The molecule has 1 fully saturated rings. The average Bonchev–Trinajstić information content (AvgIpc) is 3.15. The van der Waals surface area contributed by atoms with Crippen molar-refractivity contribution in [1.29, 1.82) is 0 Å². The summed E-state index contributed by atoms with van der Waals surface area (Å²) in [6.45, 7) is 4.47. The van der Waals surface area contributed by atoms with Gasteiger partial charge in [0.15, 0.2) is 0 Å². The molecule has 0 saturated heterocycles. The van der Waals surface area contributed by atoms with Crippen LogP contribution in [0.2, 0.25) is 0 Å². The van der Waals surface area contributed by atoms with Gasteiger partial charge in [0, 0.05) is 6.04 Å². The standard InChI is InChI=1S/C16H26N2/c1-4-17-16(10-11-18(2)3)15-12-14(15)13-8-6-5-7-9-13/h5-9,14-17H,4,10-12H2,1-3H3. The van der Waals surface area contributed by atoms with Crippen LogP contribution in [0, 0.1) is 5.92 Å². The Morgan fingerprint density at radius 3 is 2.61 bits per heavy atom. The maximum Gasteiger partial charge on any atom is 0.0113 e. The van der Waals surface area contributed by atoms with Gasteiger partial charge in [0.25, 0.3) is 0 Å². The Morgan fingerprint density at radius 1 is 1.28 bits per heavy atom. The van der Waals surface area contributed by atoms with Crippen LogP contribution in [-0.4, -0.2) is 38.1 Å². The number of benzene rings is 1. The molecule has 0 amide bonds. The van der Waals surface area contributed by atoms with Gasteiger partial charge in [0.2, 0.25) is 0 Å². The van der Waals surface area contributed by atoms with E-state index in [1.54, 1.807) is 0 Å². The van der Waals surface area contributed by atoms with Gasteiger partial charge >= 0.3 is 0 Å². The van der Waals surface area contributed by atoms with Crippen LogP contribution in [0.25, 0.3) is 0 Å². The van der Waals surface area contributed by atoms with E-state index in [0.717, 1.165) is 18.4 Å². The van der Waals surface area contributed by atoms with Gasteiger partial charge < -0.3 is 10.2 Å². The Bertz CT molecular complexity index is 347. The number of hydrogen-bond acceptors (Lipinski definition) is 2. The molecule has 100 valence electrons. The monoisotopic (exact) mass is 246 g/mol. The van der Waals surface area contributed by atoms with Crippen molar-refractivity contribution in [3.05, 3.63) is 35.9 Å². The van der Waals surface area contributed by atoms with E-state index in [1.165, 1.54) is 24.9 Å². The fraction of sp³-hybridized carbons (Fsp3) is 0.625. The van der Waals surface area contributed by atoms with Crippen molar-refractivity contribution >= 4 is 0 Å². The van der Waals surface area contributed by atoms with E-state index < -0.39 is 0 Å². The largest absolute Gasteiger partial charge is 0.314 e. The van der Waals surface area contributed by atoms with Crippen LogP contribution in [0.1, 0.15) is 31.2 Å². The summed E-state index contributed by atoms with van der Waals surface area (Å²) in [7, 11) is 4.31. The zero-order valence-corrected chi connectivity index (χ0v) is 11.9. The molecule has 1 N–H and O–H groups in total. The summed E-state index contributed by atoms with van der Waals surface area (Å²) in [5.74, 6) is 1.63. The number of hydrogen-bond donors (Lipinski definition) is 1. The zero-order chi connectivity index (χ0) is 13.0. The highest BCUT2D eigenvalue weighted by atomic mass is 15.1. The molecule has 0 radical (unpaired) electrons. The van der Waals surface area contributed by atoms with E-state index in [0.29, 0.717) is 6.04 Å². The van der Waals surface area contributed by atoms with Crippen molar-refractivity contribution in [3.63, 3.8) is 0 Å². The van der Waals surface area contributed by atoms with Crippen molar-refractivity contribution in [1.82, 2.24) is 10.2 Å². The second-order valence-electron chi connectivity index (χ2n) is 5.67. The third-order valence-electron chi connectivity index (χ3n) is 3.94. The van der Waals surface area contributed by atoms with Gasteiger partial charge in [-0.2, -0.15) is 0 Å². The van der Waals surface area contributed by atoms with Gasteiger partial charge in [-0.3, -0.25) is 0 Å². The molecule has 0 heterocycles. The van der Waals surface area contributed by atoms with Gasteiger partial charge in [-0.05, 0) is 57.4 Å². The van der Waals surface area contributed by atoms with Crippen molar-refractivity contribution < 1.29 is 0 Å². The molecular weight excluding hydrogens is 220 g/mol. The van der Waals surface area contributed by atoms with Crippen molar-refractivity contribution in [2.75, 3.05) is 27.2 Å². The first-order chi connectivity index (χ1) is 8.72. The average molecular weight is 246 g/mol. The van der Waals surface area contributed by atoms with E-state index in [4.69, 9.17) is 0 Å². The second-order valence-corrected chi connectivity index (χ2v) is 5.67. The summed E-state index contributed by atoms with van der Waals surface area (Å²) in [6, 6.07) is 11.7. The number of nitrogens with one attached hydrogen (secondary N) is 1. The summed E-state index contributed by atoms with van der Waals surface area (Å²) in [5, 5.41) is 3.67. The summed E-state index contributed by atoms with van der Waals surface area (Å²) in [4.78, 5) is 2.28. The molecule has 1 aromatic rings. The lowest BCUT2D eigenvalue weighted by molar-refractivity contribution is 0.342. The lowest BCUT2D eigenvalue weighted by atomic mass is 10.0. The molecule has 3 atom stereocenters. The van der Waals surface area contributed by atoms with Gasteiger partial charge in [-0.1, -0.05) is 37.3 Å². The van der Waals surface area contributed by atoms with E-state index >= 15 is 0 Å². The molecule has 2 rings (SSSR count). The Balaban J connectivity index is 1.89. The van der Waals surface area contributed by atoms with Crippen molar-refractivity contribution in [2.24, 2.45) is 5.92 Å². The summed E-state index contributed by atoms with van der Waals surface area (Å²) < 4.78 is 0. The maximum absolute atomic E-state index is 3.67. The fourth-order valence-corrected chi connectivity index (χ4v) is 2.87. The second kappa shape index (κ2) is 6.35. The topological polar surface area (TPSA) is 15.3 Å². The Labute approximate surface area is 111 Å². The van der Waals surface area contributed by atoms with E-state index in [9.17, 15) is 0 Å². The molecule has 1 saturated carbocycles. The minimum atomic E-state index is 0.683. The summed E-state index contributed by atoms with van der Waals surface area (Å²) in [5.41, 5.74) is 1.52. The number of rotatable bonds is 7. The van der Waals surface area contributed by atoms with Crippen LogP contribution in [0.5, 0.6) is 0 Å². The Kier molecular flexibility index (Phi) is 4.79. The molecule has 3 unspecified atom stereocenters. The van der Waals surface area contributed by atoms with Gasteiger partial charge in [-0.15, -0.1) is 0 Å². The van der Waals surface area contributed by atoms with Gasteiger partial charge in [0.05, 0.1) is 0 Å². The first kappa shape index (κ1) is 13.6. The van der Waals surface area contributed by atoms with Gasteiger partial charge in [0.1, 0.15) is 0 Å². The van der Waals surface area contributed by atoms with Crippen LogP contribution < -0.4 is 5.32 Å². The van der Waals surface area contributed by atoms with Crippen LogP contribution >= 0.6 is 0 Å². The smallest absolute Gasteiger partial charge is 0.0113 e. The third kappa shape index (κ3) is 3.56. The predicted octanol–water partition coefficient (Wildman–Crippen LogP) is 2.72. The molecule has 0 aromatic heterocycles. The molecule has 1 aromatic carbocycles. The minimum Gasteiger partial charge on any atom is -0.314 e. The predicted molar refractivity (Wildman–Crippen MR) is 77.9 cm³/mol. The van der Waals surface area contributed by atoms with Crippen LogP contribution in [0.3, 0.4) is 0 Å². The maximum atomic E-state index is 3.67. The highest BCUT2D eigenvalue weighted by molar-refractivity contribution is 5.26. The molecule has 2 heteroatoms. The molecule has 1 aliphatic rings. The van der Waals surface area contributed by atoms with E-state index in [-0.39, 0.29) is 0 Å². The summed E-state index contributed by atoms with van der Waals surface area (Å²) in [6.07, 6.45) is 2.62. The lowest BCUT2D eigenvalue weighted by Gasteiger charge is -2.20. The lowest BCUT2D eigenvalue weighted by Crippen LogP contribution is -2.34.